The number of piperidine rings is 1. The van der Waals surface area contributed by atoms with Gasteiger partial charge in [-0.2, -0.15) is 5.10 Å². The summed E-state index contributed by atoms with van der Waals surface area (Å²) in [4.78, 5) is 2.54. The van der Waals surface area contributed by atoms with Gasteiger partial charge in [-0.15, -0.1) is 0 Å². The summed E-state index contributed by atoms with van der Waals surface area (Å²) in [6.45, 7) is 0. The standard InChI is InChI=1S/C11H18N4/c1-14-9-2-3-10(14)5-11(4-9)15-7-8(12)6-13-15/h6-7,9-11H,2-5,12H2,1H3/t9-,10+,11?. The van der Waals surface area contributed by atoms with Crippen molar-refractivity contribution >= 4 is 5.69 Å². The first-order valence-corrected chi connectivity index (χ1v) is 5.75. The molecule has 3 rings (SSSR count). The summed E-state index contributed by atoms with van der Waals surface area (Å²) in [6, 6.07) is 2.09. The Morgan fingerprint density at radius 1 is 1.27 bits per heavy atom. The molecule has 0 saturated carbocycles. The van der Waals surface area contributed by atoms with Gasteiger partial charge in [0.2, 0.25) is 0 Å². The molecule has 0 radical (unpaired) electrons. The van der Waals surface area contributed by atoms with Crippen LogP contribution in [0.2, 0.25) is 0 Å². The van der Waals surface area contributed by atoms with Crippen molar-refractivity contribution in [2.24, 2.45) is 0 Å². The lowest BCUT2D eigenvalue weighted by atomic mass is 9.98. The Morgan fingerprint density at radius 3 is 2.47 bits per heavy atom. The molecule has 0 aromatic carbocycles. The highest BCUT2D eigenvalue weighted by Gasteiger charge is 2.39. The smallest absolute Gasteiger partial charge is 0.0719 e. The molecule has 0 spiro atoms. The molecule has 4 nitrogen and oxygen atoms in total. The van der Waals surface area contributed by atoms with Crippen molar-refractivity contribution in [3.63, 3.8) is 0 Å². The average molecular weight is 206 g/mol. The SMILES string of the molecule is CN1[C@@H]2CC[C@H]1CC(n1cc(N)cn1)C2. The normalized spacial score (nSPS) is 35.9. The number of nitrogens with two attached hydrogens (primary N) is 1. The molecule has 0 aliphatic carbocycles. The predicted molar refractivity (Wildman–Crippen MR) is 59.5 cm³/mol. The monoisotopic (exact) mass is 206 g/mol. The van der Waals surface area contributed by atoms with Gasteiger partial charge in [0.05, 0.1) is 17.9 Å². The predicted octanol–water partition coefficient (Wildman–Crippen LogP) is 1.26. The molecule has 4 heteroatoms. The van der Waals surface area contributed by atoms with Crippen molar-refractivity contribution in [2.75, 3.05) is 12.8 Å². The Bertz CT molecular complexity index is 345. The number of fused-ring (bicyclic) bond motifs is 2. The molecular formula is C11H18N4. The zero-order valence-corrected chi connectivity index (χ0v) is 9.13. The van der Waals surface area contributed by atoms with E-state index >= 15 is 0 Å². The first-order chi connectivity index (χ1) is 7.24. The Kier molecular flexibility index (Phi) is 1.99. The number of aromatic nitrogens is 2. The molecule has 82 valence electrons. The molecule has 2 N–H and O–H groups in total. The van der Waals surface area contributed by atoms with E-state index in [0.717, 1.165) is 17.8 Å². The van der Waals surface area contributed by atoms with Crippen LogP contribution in [0, 0.1) is 0 Å². The second-order valence-electron chi connectivity index (χ2n) is 4.93. The maximum atomic E-state index is 5.70. The van der Waals surface area contributed by atoms with Crippen molar-refractivity contribution in [1.29, 1.82) is 0 Å². The Morgan fingerprint density at radius 2 is 1.93 bits per heavy atom. The number of nitrogen functional groups attached to an aromatic ring is 1. The fourth-order valence-electron chi connectivity index (χ4n) is 3.15. The van der Waals surface area contributed by atoms with E-state index in [-0.39, 0.29) is 0 Å². The molecule has 3 heterocycles. The highest BCUT2D eigenvalue weighted by molar-refractivity contribution is 5.30. The summed E-state index contributed by atoms with van der Waals surface area (Å²) < 4.78 is 2.06. The van der Waals surface area contributed by atoms with Crippen LogP contribution < -0.4 is 5.73 Å². The van der Waals surface area contributed by atoms with Crippen LogP contribution in [-0.2, 0) is 0 Å². The van der Waals surface area contributed by atoms with E-state index in [4.69, 9.17) is 5.73 Å². The fourth-order valence-corrected chi connectivity index (χ4v) is 3.15. The van der Waals surface area contributed by atoms with Crippen LogP contribution in [0.4, 0.5) is 5.69 Å². The van der Waals surface area contributed by atoms with Crippen LogP contribution in [0.1, 0.15) is 31.7 Å². The molecule has 0 amide bonds. The van der Waals surface area contributed by atoms with Crippen LogP contribution in [0.3, 0.4) is 0 Å². The molecule has 1 aromatic rings. The first kappa shape index (κ1) is 9.21. The lowest BCUT2D eigenvalue weighted by Crippen LogP contribution is -2.40. The van der Waals surface area contributed by atoms with E-state index in [1.807, 2.05) is 6.20 Å². The van der Waals surface area contributed by atoms with Crippen molar-refractivity contribution in [3.05, 3.63) is 12.4 Å². The zero-order valence-electron chi connectivity index (χ0n) is 9.13. The number of rotatable bonds is 1. The van der Waals surface area contributed by atoms with E-state index in [0.29, 0.717) is 6.04 Å². The van der Waals surface area contributed by atoms with Gasteiger partial charge in [-0.3, -0.25) is 4.68 Å². The van der Waals surface area contributed by atoms with Crippen LogP contribution in [0.25, 0.3) is 0 Å². The largest absolute Gasteiger partial charge is 0.396 e. The summed E-state index contributed by atoms with van der Waals surface area (Å²) in [5, 5.41) is 4.33. The lowest BCUT2D eigenvalue weighted by Gasteiger charge is -2.36. The fraction of sp³-hybridized carbons (Fsp3) is 0.727. The number of hydrogen-bond acceptors (Lipinski definition) is 3. The summed E-state index contributed by atoms with van der Waals surface area (Å²) in [5.74, 6) is 0. The van der Waals surface area contributed by atoms with Crippen molar-refractivity contribution in [3.8, 4) is 0 Å². The molecule has 2 fully saturated rings. The molecule has 3 atom stereocenters. The van der Waals surface area contributed by atoms with E-state index in [1.54, 1.807) is 6.20 Å². The second-order valence-corrected chi connectivity index (χ2v) is 4.93. The van der Waals surface area contributed by atoms with Gasteiger partial charge in [0, 0.05) is 18.3 Å². The lowest BCUT2D eigenvalue weighted by molar-refractivity contribution is 0.131. The van der Waals surface area contributed by atoms with Crippen LogP contribution in [0.5, 0.6) is 0 Å². The Balaban J connectivity index is 1.80. The zero-order chi connectivity index (χ0) is 10.4. The van der Waals surface area contributed by atoms with Gasteiger partial charge in [0.1, 0.15) is 0 Å². The molecule has 2 bridgehead atoms. The van der Waals surface area contributed by atoms with Crippen molar-refractivity contribution in [1.82, 2.24) is 14.7 Å². The number of nitrogens with zero attached hydrogens (tertiary/aromatic N) is 3. The highest BCUT2D eigenvalue weighted by Crippen LogP contribution is 2.39. The summed E-state index contributed by atoms with van der Waals surface area (Å²) in [5.41, 5.74) is 6.48. The van der Waals surface area contributed by atoms with E-state index in [9.17, 15) is 0 Å². The minimum absolute atomic E-state index is 0.566. The van der Waals surface area contributed by atoms with Gasteiger partial charge in [0.25, 0.3) is 0 Å². The van der Waals surface area contributed by atoms with Gasteiger partial charge >= 0.3 is 0 Å². The van der Waals surface area contributed by atoms with Crippen molar-refractivity contribution in [2.45, 2.75) is 43.8 Å². The van der Waals surface area contributed by atoms with Gasteiger partial charge < -0.3 is 10.6 Å². The second kappa shape index (κ2) is 3.23. The van der Waals surface area contributed by atoms with Gasteiger partial charge in [-0.1, -0.05) is 0 Å². The number of anilines is 1. The Labute approximate surface area is 90.0 Å². The van der Waals surface area contributed by atoms with E-state index in [1.165, 1.54) is 25.7 Å². The van der Waals surface area contributed by atoms with Gasteiger partial charge in [-0.05, 0) is 32.7 Å². The molecule has 2 aliphatic rings. The van der Waals surface area contributed by atoms with Gasteiger partial charge in [-0.25, -0.2) is 0 Å². The summed E-state index contributed by atoms with van der Waals surface area (Å²) >= 11 is 0. The molecule has 1 unspecified atom stereocenters. The topological polar surface area (TPSA) is 47.1 Å². The minimum atomic E-state index is 0.566. The quantitative estimate of drug-likeness (QED) is 0.752. The molecule has 1 aromatic heterocycles. The third kappa shape index (κ3) is 1.44. The summed E-state index contributed by atoms with van der Waals surface area (Å²) in [7, 11) is 2.26. The van der Waals surface area contributed by atoms with Crippen LogP contribution >= 0.6 is 0 Å². The highest BCUT2D eigenvalue weighted by atomic mass is 15.3. The maximum absolute atomic E-state index is 5.70. The molecule has 15 heavy (non-hydrogen) atoms. The van der Waals surface area contributed by atoms with Crippen LogP contribution in [0.15, 0.2) is 12.4 Å². The average Bonchev–Trinajstić information content (AvgIpc) is 2.70. The molecular weight excluding hydrogens is 188 g/mol. The van der Waals surface area contributed by atoms with Crippen molar-refractivity contribution < 1.29 is 0 Å². The summed E-state index contributed by atoms with van der Waals surface area (Å²) in [6.07, 6.45) is 8.89. The molecule has 2 saturated heterocycles. The Hall–Kier alpha value is -1.03. The van der Waals surface area contributed by atoms with Crippen LogP contribution in [-0.4, -0.2) is 33.8 Å². The van der Waals surface area contributed by atoms with E-state index in [2.05, 4.69) is 21.7 Å². The minimum Gasteiger partial charge on any atom is -0.396 e. The van der Waals surface area contributed by atoms with Gasteiger partial charge in [0.15, 0.2) is 0 Å². The number of hydrogen-bond donors (Lipinski definition) is 1. The first-order valence-electron chi connectivity index (χ1n) is 5.75. The maximum Gasteiger partial charge on any atom is 0.0719 e. The van der Waals surface area contributed by atoms with E-state index < -0.39 is 0 Å². The molecule has 2 aliphatic heterocycles. The third-order valence-electron chi connectivity index (χ3n) is 4.07. The third-order valence-corrected chi connectivity index (χ3v) is 4.07.